The molecule has 1 aliphatic heterocycles. The third-order valence-electron chi connectivity index (χ3n) is 5.13. The van der Waals surface area contributed by atoms with Crippen molar-refractivity contribution in [1.82, 2.24) is 9.03 Å². The molecule has 8 heteroatoms. The number of nitrogens with one attached hydrogen (secondary N) is 1. The van der Waals surface area contributed by atoms with Gasteiger partial charge in [0, 0.05) is 6.54 Å². The Labute approximate surface area is 116 Å². The second-order valence-electron chi connectivity index (χ2n) is 6.29. The van der Waals surface area contributed by atoms with Gasteiger partial charge in [0.1, 0.15) is 6.54 Å². The Hall–Kier alpha value is -0.340. The maximum Gasteiger partial charge on any atom is 0.402 e. The van der Waals surface area contributed by atoms with Gasteiger partial charge in [-0.05, 0) is 37.5 Å². The van der Waals surface area contributed by atoms with E-state index in [1.165, 1.54) is 0 Å². The Morgan fingerprint density at radius 3 is 2.15 bits per heavy atom. The summed E-state index contributed by atoms with van der Waals surface area (Å²) in [5, 5.41) is 0. The fourth-order valence-electron chi connectivity index (χ4n) is 4.32. The SMILES string of the molecule is O=S1(=O)NC2(CN1CC(F)(F)F)C1CCCCC2CC1. The summed E-state index contributed by atoms with van der Waals surface area (Å²) >= 11 is 0. The van der Waals surface area contributed by atoms with Crippen LogP contribution in [-0.4, -0.2) is 37.5 Å². The van der Waals surface area contributed by atoms with Gasteiger partial charge in [-0.15, -0.1) is 0 Å². The molecule has 3 aliphatic rings. The molecule has 0 aromatic carbocycles. The molecule has 0 amide bonds. The molecule has 1 spiro atoms. The molecular formula is C12H19F3N2O2S. The molecular weight excluding hydrogens is 293 g/mol. The predicted molar refractivity (Wildman–Crippen MR) is 67.1 cm³/mol. The quantitative estimate of drug-likeness (QED) is 0.805. The predicted octanol–water partition coefficient (Wildman–Crippen LogP) is 2.04. The number of hydrogen-bond donors (Lipinski definition) is 1. The van der Waals surface area contributed by atoms with Crippen molar-refractivity contribution in [3.8, 4) is 0 Å². The van der Waals surface area contributed by atoms with E-state index in [0.29, 0.717) is 4.31 Å². The van der Waals surface area contributed by atoms with Crippen LogP contribution in [0.5, 0.6) is 0 Å². The standard InChI is InChI=1S/C12H19F3N2O2S/c13-12(14,15)8-17-7-11(16-20(17,18)19)9-3-1-2-4-10(11)6-5-9/h9-10,16H,1-8H2. The van der Waals surface area contributed by atoms with E-state index < -0.39 is 28.5 Å². The van der Waals surface area contributed by atoms with Crippen molar-refractivity contribution >= 4 is 10.2 Å². The first-order chi connectivity index (χ1) is 9.23. The highest BCUT2D eigenvalue weighted by Crippen LogP contribution is 2.51. The van der Waals surface area contributed by atoms with E-state index in [1.54, 1.807) is 0 Å². The van der Waals surface area contributed by atoms with Gasteiger partial charge in [0.25, 0.3) is 10.2 Å². The van der Waals surface area contributed by atoms with Crippen LogP contribution in [0.25, 0.3) is 0 Å². The van der Waals surface area contributed by atoms with Gasteiger partial charge < -0.3 is 0 Å². The summed E-state index contributed by atoms with van der Waals surface area (Å²) in [5.41, 5.74) is -0.652. The van der Waals surface area contributed by atoms with E-state index in [2.05, 4.69) is 4.72 Å². The first kappa shape index (κ1) is 14.6. The van der Waals surface area contributed by atoms with Crippen LogP contribution in [0, 0.1) is 11.8 Å². The summed E-state index contributed by atoms with van der Waals surface area (Å²) < 4.78 is 65.0. The van der Waals surface area contributed by atoms with E-state index in [-0.39, 0.29) is 18.4 Å². The molecule has 2 bridgehead atoms. The first-order valence-corrected chi connectivity index (χ1v) is 8.53. The van der Waals surface area contributed by atoms with Crippen LogP contribution >= 0.6 is 0 Å². The van der Waals surface area contributed by atoms with Crippen LogP contribution in [-0.2, 0) is 10.2 Å². The van der Waals surface area contributed by atoms with Crippen LogP contribution in [0.3, 0.4) is 0 Å². The molecule has 4 nitrogen and oxygen atoms in total. The van der Waals surface area contributed by atoms with Crippen molar-refractivity contribution in [3.05, 3.63) is 0 Å². The van der Waals surface area contributed by atoms with E-state index >= 15 is 0 Å². The number of halogens is 3. The molecule has 3 fully saturated rings. The highest BCUT2D eigenvalue weighted by atomic mass is 32.2. The lowest BCUT2D eigenvalue weighted by Gasteiger charge is -2.33. The zero-order chi connectivity index (χ0) is 14.6. The van der Waals surface area contributed by atoms with Gasteiger partial charge >= 0.3 is 6.18 Å². The average molecular weight is 312 g/mol. The summed E-state index contributed by atoms with van der Waals surface area (Å²) in [6.07, 6.45) is 1.27. The zero-order valence-corrected chi connectivity index (χ0v) is 11.9. The molecule has 3 rings (SSSR count). The molecule has 2 unspecified atom stereocenters. The van der Waals surface area contributed by atoms with Gasteiger partial charge in [-0.1, -0.05) is 12.8 Å². The smallest absolute Gasteiger partial charge is 0.195 e. The minimum Gasteiger partial charge on any atom is -0.195 e. The number of alkyl halides is 3. The first-order valence-electron chi connectivity index (χ1n) is 7.09. The molecule has 1 heterocycles. The zero-order valence-electron chi connectivity index (χ0n) is 11.1. The lowest BCUT2D eigenvalue weighted by atomic mass is 9.80. The van der Waals surface area contributed by atoms with Crippen LogP contribution in [0.2, 0.25) is 0 Å². The minimum atomic E-state index is -4.50. The van der Waals surface area contributed by atoms with E-state index in [1.807, 2.05) is 0 Å². The molecule has 0 radical (unpaired) electrons. The second kappa shape index (κ2) is 4.58. The van der Waals surface area contributed by atoms with E-state index in [0.717, 1.165) is 38.5 Å². The number of rotatable bonds is 1. The van der Waals surface area contributed by atoms with Gasteiger partial charge in [0.2, 0.25) is 0 Å². The van der Waals surface area contributed by atoms with Gasteiger partial charge in [-0.3, -0.25) is 0 Å². The average Bonchev–Trinajstić information content (AvgIpc) is 2.59. The third kappa shape index (κ3) is 2.35. The lowest BCUT2D eigenvalue weighted by Crippen LogP contribution is -2.51. The molecule has 2 saturated carbocycles. The Bertz CT molecular complexity index is 477. The maximum atomic E-state index is 12.6. The third-order valence-corrected chi connectivity index (χ3v) is 6.70. The van der Waals surface area contributed by atoms with Crippen LogP contribution in [0.1, 0.15) is 38.5 Å². The Kier molecular flexibility index (Phi) is 3.34. The summed E-state index contributed by atoms with van der Waals surface area (Å²) in [4.78, 5) is 0. The van der Waals surface area contributed by atoms with Gasteiger partial charge in [-0.25, -0.2) is 0 Å². The molecule has 0 aromatic heterocycles. The Morgan fingerprint density at radius 2 is 1.65 bits per heavy atom. The van der Waals surface area contributed by atoms with Crippen molar-refractivity contribution in [2.45, 2.75) is 50.2 Å². The highest BCUT2D eigenvalue weighted by molar-refractivity contribution is 7.87. The Balaban J connectivity index is 1.90. The lowest BCUT2D eigenvalue weighted by molar-refractivity contribution is -0.136. The minimum absolute atomic E-state index is 0.0236. The molecule has 116 valence electrons. The molecule has 0 aromatic rings. The van der Waals surface area contributed by atoms with Crippen molar-refractivity contribution in [2.24, 2.45) is 11.8 Å². The summed E-state index contributed by atoms with van der Waals surface area (Å²) in [6, 6.07) is 0. The fourth-order valence-corrected chi connectivity index (χ4v) is 6.02. The van der Waals surface area contributed by atoms with Crippen molar-refractivity contribution in [3.63, 3.8) is 0 Å². The molecule has 20 heavy (non-hydrogen) atoms. The van der Waals surface area contributed by atoms with Gasteiger partial charge in [-0.2, -0.15) is 30.6 Å². The second-order valence-corrected chi connectivity index (χ2v) is 7.96. The van der Waals surface area contributed by atoms with Crippen molar-refractivity contribution < 1.29 is 21.6 Å². The van der Waals surface area contributed by atoms with E-state index in [9.17, 15) is 21.6 Å². The topological polar surface area (TPSA) is 49.4 Å². The number of nitrogens with zero attached hydrogens (tertiary/aromatic N) is 1. The van der Waals surface area contributed by atoms with Crippen molar-refractivity contribution in [1.29, 1.82) is 0 Å². The van der Waals surface area contributed by atoms with Gasteiger partial charge in [0.15, 0.2) is 0 Å². The van der Waals surface area contributed by atoms with E-state index in [4.69, 9.17) is 0 Å². The largest absolute Gasteiger partial charge is 0.402 e. The van der Waals surface area contributed by atoms with Crippen LogP contribution in [0.4, 0.5) is 13.2 Å². The number of hydrogen-bond acceptors (Lipinski definition) is 2. The maximum absolute atomic E-state index is 12.6. The monoisotopic (exact) mass is 312 g/mol. The van der Waals surface area contributed by atoms with Crippen LogP contribution < -0.4 is 4.72 Å². The molecule has 2 atom stereocenters. The van der Waals surface area contributed by atoms with Crippen molar-refractivity contribution in [2.75, 3.05) is 13.1 Å². The molecule has 1 saturated heterocycles. The normalized spacial score (nSPS) is 41.1. The van der Waals surface area contributed by atoms with Crippen LogP contribution in [0.15, 0.2) is 0 Å². The summed E-state index contributed by atoms with van der Waals surface area (Å²) in [6.45, 7) is -1.41. The summed E-state index contributed by atoms with van der Waals surface area (Å²) in [7, 11) is -4.01. The summed E-state index contributed by atoms with van der Waals surface area (Å²) in [5.74, 6) is 0.367. The highest BCUT2D eigenvalue weighted by Gasteiger charge is 2.59. The Morgan fingerprint density at radius 1 is 1.10 bits per heavy atom. The van der Waals surface area contributed by atoms with Gasteiger partial charge in [0.05, 0.1) is 5.54 Å². The molecule has 2 aliphatic carbocycles. The molecule has 1 N–H and O–H groups in total. The fraction of sp³-hybridized carbons (Fsp3) is 1.00.